The first-order valence-electron chi connectivity index (χ1n) is 8.83. The molecule has 0 aliphatic heterocycles. The van der Waals surface area contributed by atoms with E-state index in [2.05, 4.69) is 52.3 Å². The van der Waals surface area contributed by atoms with Gasteiger partial charge < -0.3 is 9.38 Å². The molecule has 134 valence electrons. The molecule has 0 spiro atoms. The Morgan fingerprint density at radius 3 is 1.64 bits per heavy atom. The third kappa shape index (κ3) is 3.93. The van der Waals surface area contributed by atoms with Crippen molar-refractivity contribution in [3.63, 3.8) is 0 Å². The molecule has 3 heteroatoms. The molecular formula is C22H31N2O+. The van der Waals surface area contributed by atoms with Crippen molar-refractivity contribution in [2.24, 2.45) is 0 Å². The van der Waals surface area contributed by atoms with Gasteiger partial charge in [-0.25, -0.2) is 0 Å². The van der Waals surface area contributed by atoms with Crippen molar-refractivity contribution in [3.8, 4) is 0 Å². The highest BCUT2D eigenvalue weighted by Crippen LogP contribution is 2.39. The minimum absolute atomic E-state index is 0.130. The largest absolute Gasteiger partial charge is 0.348 e. The summed E-state index contributed by atoms with van der Waals surface area (Å²) in [6.45, 7) is 2.23. The summed E-state index contributed by atoms with van der Waals surface area (Å²) in [6, 6.07) is 20.7. The van der Waals surface area contributed by atoms with Crippen LogP contribution in [-0.4, -0.2) is 56.6 Å². The maximum Gasteiger partial charge on any atom is 0.237 e. The molecule has 0 fully saturated rings. The molecule has 2 rings (SSSR count). The monoisotopic (exact) mass is 339 g/mol. The average molecular weight is 340 g/mol. The lowest BCUT2D eigenvalue weighted by Gasteiger charge is -2.41. The van der Waals surface area contributed by atoms with E-state index >= 15 is 0 Å². The molecule has 25 heavy (non-hydrogen) atoms. The van der Waals surface area contributed by atoms with Crippen molar-refractivity contribution in [3.05, 3.63) is 71.8 Å². The molecule has 2 aromatic rings. The number of carbonyl (C=O) groups is 1. The zero-order valence-corrected chi connectivity index (χ0v) is 16.4. The van der Waals surface area contributed by atoms with Crippen molar-refractivity contribution in [1.29, 1.82) is 0 Å². The van der Waals surface area contributed by atoms with E-state index in [4.69, 9.17) is 0 Å². The Morgan fingerprint density at radius 2 is 1.32 bits per heavy atom. The molecule has 0 saturated carbocycles. The molecule has 0 aromatic heterocycles. The Kier molecular flexibility index (Phi) is 5.69. The molecule has 1 atom stereocenters. The van der Waals surface area contributed by atoms with Crippen molar-refractivity contribution in [1.82, 2.24) is 4.90 Å². The quantitative estimate of drug-likeness (QED) is 0.737. The average Bonchev–Trinajstić information content (AvgIpc) is 2.59. The van der Waals surface area contributed by atoms with E-state index in [-0.39, 0.29) is 5.91 Å². The van der Waals surface area contributed by atoms with Crippen molar-refractivity contribution >= 4 is 5.91 Å². The summed E-state index contributed by atoms with van der Waals surface area (Å²) in [7, 11) is 10.3. The van der Waals surface area contributed by atoms with Gasteiger partial charge in [-0.2, -0.15) is 0 Å². The van der Waals surface area contributed by atoms with Gasteiger partial charge in [0.15, 0.2) is 0 Å². The number of nitrogens with zero attached hydrogens (tertiary/aromatic N) is 2. The van der Waals surface area contributed by atoms with Crippen LogP contribution >= 0.6 is 0 Å². The summed E-state index contributed by atoms with van der Waals surface area (Å²) in [5.41, 5.74) is 1.43. The highest BCUT2D eigenvalue weighted by Gasteiger charge is 2.46. The molecule has 0 aliphatic carbocycles. The normalized spacial score (nSPS) is 13.4. The first kappa shape index (κ1) is 19.2. The van der Waals surface area contributed by atoms with Crippen LogP contribution in [0.15, 0.2) is 60.7 Å². The summed E-state index contributed by atoms with van der Waals surface area (Å²) < 4.78 is 0.808. The number of rotatable bonds is 6. The third-order valence-corrected chi connectivity index (χ3v) is 5.23. The number of hydrogen-bond donors (Lipinski definition) is 0. The Hall–Kier alpha value is -2.13. The lowest BCUT2D eigenvalue weighted by molar-refractivity contribution is -0.894. The minimum atomic E-state index is -0.684. The van der Waals surface area contributed by atoms with Gasteiger partial charge in [0.1, 0.15) is 5.41 Å². The Morgan fingerprint density at radius 1 is 0.920 bits per heavy atom. The predicted octanol–water partition coefficient (Wildman–Crippen LogP) is 3.55. The third-order valence-electron chi connectivity index (χ3n) is 5.23. The van der Waals surface area contributed by atoms with Gasteiger partial charge in [-0.3, -0.25) is 4.79 Å². The predicted molar refractivity (Wildman–Crippen MR) is 104 cm³/mol. The number of hydrogen-bond acceptors (Lipinski definition) is 1. The van der Waals surface area contributed by atoms with Gasteiger partial charge in [0, 0.05) is 20.5 Å². The van der Waals surface area contributed by atoms with E-state index in [1.165, 1.54) is 0 Å². The van der Waals surface area contributed by atoms with E-state index in [0.717, 1.165) is 22.0 Å². The number of quaternary nitrogens is 1. The zero-order chi connectivity index (χ0) is 18.7. The summed E-state index contributed by atoms with van der Waals surface area (Å²) in [5, 5.41) is 0. The van der Waals surface area contributed by atoms with Gasteiger partial charge in [0.05, 0.1) is 27.2 Å². The van der Waals surface area contributed by atoms with E-state index in [9.17, 15) is 4.79 Å². The number of amides is 1. The molecule has 0 radical (unpaired) electrons. The number of likely N-dealkylation sites (N-methyl/N-ethyl adjacent to an activating group) is 1. The maximum atomic E-state index is 13.5. The molecule has 1 unspecified atom stereocenters. The van der Waals surface area contributed by atoms with Crippen LogP contribution in [0.1, 0.15) is 24.5 Å². The van der Waals surface area contributed by atoms with Gasteiger partial charge >= 0.3 is 0 Å². The smallest absolute Gasteiger partial charge is 0.237 e. The molecule has 0 heterocycles. The minimum Gasteiger partial charge on any atom is -0.348 e. The van der Waals surface area contributed by atoms with Gasteiger partial charge in [0.25, 0.3) is 0 Å². The van der Waals surface area contributed by atoms with E-state index in [0.29, 0.717) is 6.04 Å². The van der Waals surface area contributed by atoms with Crippen LogP contribution in [0.25, 0.3) is 0 Å². The second-order valence-corrected chi connectivity index (χ2v) is 8.01. The first-order chi connectivity index (χ1) is 11.7. The first-order valence-corrected chi connectivity index (χ1v) is 8.83. The molecular weight excluding hydrogens is 308 g/mol. The van der Waals surface area contributed by atoms with Crippen LogP contribution in [0.4, 0.5) is 0 Å². The van der Waals surface area contributed by atoms with Crippen molar-refractivity contribution < 1.29 is 9.28 Å². The van der Waals surface area contributed by atoms with Crippen molar-refractivity contribution in [2.45, 2.75) is 24.8 Å². The van der Waals surface area contributed by atoms with Crippen LogP contribution in [0.5, 0.6) is 0 Å². The van der Waals surface area contributed by atoms with E-state index in [1.54, 1.807) is 4.90 Å². The van der Waals surface area contributed by atoms with Crippen LogP contribution in [0.2, 0.25) is 0 Å². The number of benzene rings is 2. The highest BCUT2D eigenvalue weighted by atomic mass is 16.2. The Balaban J connectivity index is 2.72. The van der Waals surface area contributed by atoms with Crippen LogP contribution in [0, 0.1) is 0 Å². The lowest BCUT2D eigenvalue weighted by atomic mass is 9.69. The fraction of sp³-hybridized carbons (Fsp3) is 0.409. The summed E-state index contributed by atoms with van der Waals surface area (Å²) in [5.74, 6) is 0.130. The van der Waals surface area contributed by atoms with Crippen LogP contribution in [0.3, 0.4) is 0 Å². The second kappa shape index (κ2) is 7.40. The maximum absolute atomic E-state index is 13.5. The summed E-state index contributed by atoms with van der Waals surface area (Å²) in [6.07, 6.45) is 0.752. The molecule has 1 amide bonds. The molecule has 3 nitrogen and oxygen atoms in total. The highest BCUT2D eigenvalue weighted by molar-refractivity contribution is 5.92. The lowest BCUT2D eigenvalue weighted by Crippen LogP contribution is -2.52. The summed E-state index contributed by atoms with van der Waals surface area (Å²) in [4.78, 5) is 15.3. The van der Waals surface area contributed by atoms with Gasteiger partial charge in [-0.1, -0.05) is 60.7 Å². The Labute approximate surface area is 152 Å². The molecule has 0 aliphatic rings. The van der Waals surface area contributed by atoms with Crippen LogP contribution in [-0.2, 0) is 10.2 Å². The van der Waals surface area contributed by atoms with Gasteiger partial charge in [-0.15, -0.1) is 0 Å². The van der Waals surface area contributed by atoms with Crippen LogP contribution < -0.4 is 0 Å². The molecule has 0 N–H and O–H groups in total. The number of carbonyl (C=O) groups excluding carboxylic acids is 1. The van der Waals surface area contributed by atoms with E-state index < -0.39 is 5.41 Å². The van der Waals surface area contributed by atoms with Crippen molar-refractivity contribution in [2.75, 3.05) is 35.2 Å². The molecule has 0 bridgehead atoms. The standard InChI is InChI=1S/C22H31N2O/c1-18(24(4,5)6)17-22(21(25)23(2)3,19-13-9-7-10-14-19)20-15-11-8-12-16-20/h7-16,18H,17H2,1-6H3/q+1. The van der Waals surface area contributed by atoms with Gasteiger partial charge in [0.2, 0.25) is 5.91 Å². The zero-order valence-electron chi connectivity index (χ0n) is 16.4. The molecule has 0 saturated heterocycles. The molecule has 2 aromatic carbocycles. The fourth-order valence-electron chi connectivity index (χ4n) is 3.28. The Bertz CT molecular complexity index is 647. The SMILES string of the molecule is CC(CC(C(=O)N(C)C)(c1ccccc1)c1ccccc1)[N+](C)(C)C. The fourth-order valence-corrected chi connectivity index (χ4v) is 3.28. The second-order valence-electron chi connectivity index (χ2n) is 8.01. The van der Waals surface area contributed by atoms with E-state index in [1.807, 2.05) is 50.5 Å². The van der Waals surface area contributed by atoms with Gasteiger partial charge in [-0.05, 0) is 18.1 Å². The topological polar surface area (TPSA) is 20.3 Å². The summed E-state index contributed by atoms with van der Waals surface area (Å²) >= 11 is 0.